The molecular formula is C15H24N2O5S3. The Labute approximate surface area is 153 Å². The van der Waals surface area contributed by atoms with Gasteiger partial charge in [-0.2, -0.15) is 11.8 Å². The molecule has 0 spiro atoms. The first kappa shape index (κ1) is 21.9. The topological polar surface area (TPSA) is 109 Å². The summed E-state index contributed by atoms with van der Waals surface area (Å²) in [4.78, 5) is 12.4. The van der Waals surface area contributed by atoms with Crippen LogP contribution in [0.4, 0.5) is 0 Å². The minimum atomic E-state index is -3.53. The van der Waals surface area contributed by atoms with Gasteiger partial charge in [-0.1, -0.05) is 18.2 Å². The molecule has 0 aliphatic carbocycles. The highest BCUT2D eigenvalue weighted by Crippen LogP contribution is 2.09. The van der Waals surface area contributed by atoms with Crippen molar-refractivity contribution in [3.05, 3.63) is 30.3 Å². The summed E-state index contributed by atoms with van der Waals surface area (Å²) in [7, 11) is -7.02. The molecule has 7 nitrogen and oxygen atoms in total. The molecule has 1 rings (SSSR count). The highest BCUT2D eigenvalue weighted by molar-refractivity contribution is 7.98. The standard InChI is InChI=1S/C15H24N2O5S3/c1-3-25(21,22)17-14(9-11-23-2)15(18)16-10-12-24(19,20)13-7-5-4-6-8-13/h4-8,14,17H,3,9-12H2,1-2H3,(H,16,18). The second-order valence-electron chi connectivity index (χ2n) is 5.28. The molecule has 1 aromatic rings. The molecule has 142 valence electrons. The first-order valence-electron chi connectivity index (χ1n) is 7.76. The van der Waals surface area contributed by atoms with Gasteiger partial charge in [-0.3, -0.25) is 4.79 Å². The van der Waals surface area contributed by atoms with Gasteiger partial charge in [0.2, 0.25) is 15.9 Å². The molecule has 0 saturated heterocycles. The first-order valence-corrected chi connectivity index (χ1v) is 12.5. The van der Waals surface area contributed by atoms with Gasteiger partial charge in [0, 0.05) is 6.54 Å². The molecule has 25 heavy (non-hydrogen) atoms. The van der Waals surface area contributed by atoms with Crippen molar-refractivity contribution in [1.29, 1.82) is 0 Å². The van der Waals surface area contributed by atoms with Gasteiger partial charge < -0.3 is 5.32 Å². The highest BCUT2D eigenvalue weighted by atomic mass is 32.2. The zero-order valence-electron chi connectivity index (χ0n) is 14.3. The zero-order valence-corrected chi connectivity index (χ0v) is 16.7. The molecule has 1 unspecified atom stereocenters. The van der Waals surface area contributed by atoms with E-state index in [9.17, 15) is 21.6 Å². The molecule has 1 amide bonds. The van der Waals surface area contributed by atoms with Gasteiger partial charge in [-0.15, -0.1) is 0 Å². The van der Waals surface area contributed by atoms with E-state index in [0.29, 0.717) is 12.2 Å². The highest BCUT2D eigenvalue weighted by Gasteiger charge is 2.23. The van der Waals surface area contributed by atoms with E-state index in [4.69, 9.17) is 0 Å². The van der Waals surface area contributed by atoms with Gasteiger partial charge >= 0.3 is 0 Å². The molecule has 0 saturated carbocycles. The summed E-state index contributed by atoms with van der Waals surface area (Å²) < 4.78 is 50.1. The van der Waals surface area contributed by atoms with E-state index < -0.39 is 31.8 Å². The fourth-order valence-corrected chi connectivity index (χ4v) is 4.43. The summed E-state index contributed by atoms with van der Waals surface area (Å²) in [5.41, 5.74) is 0. The van der Waals surface area contributed by atoms with Crippen LogP contribution in [0.3, 0.4) is 0 Å². The second kappa shape index (κ2) is 10.1. The Hall–Kier alpha value is -1.10. The molecule has 0 aliphatic heterocycles. The van der Waals surface area contributed by atoms with Crippen LogP contribution in [-0.4, -0.2) is 58.8 Å². The van der Waals surface area contributed by atoms with Crippen molar-refractivity contribution in [1.82, 2.24) is 10.0 Å². The lowest BCUT2D eigenvalue weighted by Crippen LogP contribution is -2.48. The Bertz CT molecular complexity index is 749. The molecule has 0 radical (unpaired) electrons. The second-order valence-corrected chi connectivity index (χ2v) is 10.4. The van der Waals surface area contributed by atoms with Crippen molar-refractivity contribution >= 4 is 37.5 Å². The quantitative estimate of drug-likeness (QED) is 0.556. The lowest BCUT2D eigenvalue weighted by atomic mass is 10.2. The Kier molecular flexibility index (Phi) is 8.91. The van der Waals surface area contributed by atoms with Crippen molar-refractivity contribution in [2.45, 2.75) is 24.3 Å². The maximum atomic E-state index is 12.2. The van der Waals surface area contributed by atoms with Crippen molar-refractivity contribution in [2.75, 3.05) is 30.1 Å². The molecule has 10 heteroatoms. The van der Waals surface area contributed by atoms with Crippen LogP contribution in [0.5, 0.6) is 0 Å². The maximum absolute atomic E-state index is 12.2. The van der Waals surface area contributed by atoms with E-state index in [2.05, 4.69) is 10.0 Å². The van der Waals surface area contributed by atoms with Crippen LogP contribution in [0, 0.1) is 0 Å². The Morgan fingerprint density at radius 3 is 2.36 bits per heavy atom. The van der Waals surface area contributed by atoms with Crippen LogP contribution >= 0.6 is 11.8 Å². The smallest absolute Gasteiger partial charge is 0.238 e. The molecular weight excluding hydrogens is 384 g/mol. The van der Waals surface area contributed by atoms with Gasteiger partial charge in [-0.25, -0.2) is 21.6 Å². The zero-order chi connectivity index (χ0) is 18.9. The van der Waals surface area contributed by atoms with Crippen LogP contribution in [0.15, 0.2) is 35.2 Å². The van der Waals surface area contributed by atoms with Gasteiger partial charge in [0.1, 0.15) is 6.04 Å². The number of carbonyl (C=O) groups excluding carboxylic acids is 1. The molecule has 1 aromatic carbocycles. The number of rotatable bonds is 11. The summed E-state index contributed by atoms with van der Waals surface area (Å²) in [6, 6.07) is 7.06. The SMILES string of the molecule is CCS(=O)(=O)NC(CCSC)C(=O)NCCS(=O)(=O)c1ccccc1. The lowest BCUT2D eigenvalue weighted by molar-refractivity contribution is -0.122. The van der Waals surface area contributed by atoms with Crippen molar-refractivity contribution in [3.63, 3.8) is 0 Å². The number of benzene rings is 1. The van der Waals surface area contributed by atoms with Gasteiger partial charge in [-0.05, 0) is 37.5 Å². The number of carbonyl (C=O) groups is 1. The largest absolute Gasteiger partial charge is 0.354 e. The Morgan fingerprint density at radius 1 is 1.16 bits per heavy atom. The van der Waals surface area contributed by atoms with Crippen LogP contribution in [0.2, 0.25) is 0 Å². The maximum Gasteiger partial charge on any atom is 0.238 e. The summed E-state index contributed by atoms with van der Waals surface area (Å²) in [5, 5.41) is 2.51. The monoisotopic (exact) mass is 408 g/mol. The molecule has 0 bridgehead atoms. The minimum Gasteiger partial charge on any atom is -0.354 e. The van der Waals surface area contributed by atoms with Crippen molar-refractivity contribution < 1.29 is 21.6 Å². The third kappa shape index (κ3) is 7.76. The minimum absolute atomic E-state index is 0.0836. The van der Waals surface area contributed by atoms with E-state index in [0.717, 1.165) is 0 Å². The fourth-order valence-electron chi connectivity index (χ4n) is 1.96. The van der Waals surface area contributed by atoms with Crippen LogP contribution in [-0.2, 0) is 24.7 Å². The van der Waals surface area contributed by atoms with E-state index in [-0.39, 0.29) is 22.9 Å². The van der Waals surface area contributed by atoms with E-state index >= 15 is 0 Å². The molecule has 0 aliphatic rings. The third-order valence-corrected chi connectivity index (χ3v) is 7.18. The summed E-state index contributed by atoms with van der Waals surface area (Å²) >= 11 is 1.50. The lowest BCUT2D eigenvalue weighted by Gasteiger charge is -2.17. The number of hydrogen-bond acceptors (Lipinski definition) is 6. The third-order valence-electron chi connectivity index (χ3n) is 3.40. The molecule has 0 fully saturated rings. The number of amides is 1. The number of hydrogen-bond donors (Lipinski definition) is 2. The summed E-state index contributed by atoms with van der Waals surface area (Å²) in [5.74, 6) is -0.293. The van der Waals surface area contributed by atoms with Gasteiger partial charge in [0.25, 0.3) is 0 Å². The normalized spacial score (nSPS) is 13.4. The Morgan fingerprint density at radius 2 is 1.80 bits per heavy atom. The molecule has 0 aromatic heterocycles. The van der Waals surface area contributed by atoms with Gasteiger partial charge in [0.05, 0.1) is 16.4 Å². The summed E-state index contributed by atoms with van der Waals surface area (Å²) in [6.45, 7) is 1.40. The number of thioether (sulfide) groups is 1. The first-order chi connectivity index (χ1) is 11.7. The predicted octanol–water partition coefficient (Wildman–Crippen LogP) is 0.638. The fraction of sp³-hybridized carbons (Fsp3) is 0.533. The number of sulfonamides is 1. The number of nitrogens with one attached hydrogen (secondary N) is 2. The van der Waals surface area contributed by atoms with E-state index in [1.807, 2.05) is 6.26 Å². The number of sulfone groups is 1. The summed E-state index contributed by atoms with van der Waals surface area (Å²) in [6.07, 6.45) is 2.19. The average Bonchev–Trinajstić information content (AvgIpc) is 2.59. The van der Waals surface area contributed by atoms with Crippen LogP contribution in [0.25, 0.3) is 0 Å². The molecule has 0 heterocycles. The van der Waals surface area contributed by atoms with E-state index in [1.54, 1.807) is 18.2 Å². The van der Waals surface area contributed by atoms with Crippen molar-refractivity contribution in [3.8, 4) is 0 Å². The van der Waals surface area contributed by atoms with Crippen molar-refractivity contribution in [2.24, 2.45) is 0 Å². The van der Waals surface area contributed by atoms with Gasteiger partial charge in [0.15, 0.2) is 9.84 Å². The predicted molar refractivity (Wildman–Crippen MR) is 101 cm³/mol. The average molecular weight is 409 g/mol. The van der Waals surface area contributed by atoms with Crippen LogP contribution in [0.1, 0.15) is 13.3 Å². The van der Waals surface area contributed by atoms with E-state index in [1.165, 1.54) is 30.8 Å². The molecule has 1 atom stereocenters. The molecule has 2 N–H and O–H groups in total. The Balaban J connectivity index is 2.65. The van der Waals surface area contributed by atoms with Crippen LogP contribution < -0.4 is 10.0 Å².